The Bertz CT molecular complexity index is 894. The van der Waals surface area contributed by atoms with E-state index in [2.05, 4.69) is 27.3 Å². The average Bonchev–Trinajstić information content (AvgIpc) is 2.71. The van der Waals surface area contributed by atoms with Crippen molar-refractivity contribution in [2.24, 2.45) is 0 Å². The largest absolute Gasteiger partial charge is 0.493 e. The number of nitrogens with one attached hydrogen (secondary N) is 1. The van der Waals surface area contributed by atoms with Gasteiger partial charge in [-0.1, -0.05) is 15.9 Å². The molecule has 1 atom stereocenters. The van der Waals surface area contributed by atoms with Crippen LogP contribution in [0, 0.1) is 11.3 Å². The molecule has 6 nitrogen and oxygen atoms in total. The van der Waals surface area contributed by atoms with Crippen molar-refractivity contribution in [2.45, 2.75) is 25.3 Å². The third-order valence-corrected chi connectivity index (χ3v) is 4.94. The van der Waals surface area contributed by atoms with Crippen LogP contribution in [0.5, 0.6) is 17.2 Å². The molecule has 0 saturated carbocycles. The zero-order valence-electron chi connectivity index (χ0n) is 15.5. The summed E-state index contributed by atoms with van der Waals surface area (Å²) in [5, 5.41) is 12.0. The summed E-state index contributed by atoms with van der Waals surface area (Å²) in [5.41, 5.74) is 1.50. The van der Waals surface area contributed by atoms with E-state index < -0.39 is 0 Å². The Morgan fingerprint density at radius 3 is 2.96 bits per heavy atom. The van der Waals surface area contributed by atoms with Crippen LogP contribution in [-0.2, 0) is 4.79 Å². The van der Waals surface area contributed by atoms with Crippen LogP contribution in [0.2, 0.25) is 0 Å². The molecule has 3 rings (SSSR count). The van der Waals surface area contributed by atoms with Gasteiger partial charge in [-0.05, 0) is 36.8 Å². The van der Waals surface area contributed by atoms with Crippen LogP contribution in [0.3, 0.4) is 0 Å². The van der Waals surface area contributed by atoms with Gasteiger partial charge in [0.15, 0.2) is 11.5 Å². The Morgan fingerprint density at radius 2 is 2.18 bits per heavy atom. The molecule has 0 aromatic heterocycles. The first-order chi connectivity index (χ1) is 13.6. The monoisotopic (exact) mass is 444 g/mol. The molecule has 1 aliphatic heterocycles. The summed E-state index contributed by atoms with van der Waals surface area (Å²) in [4.78, 5) is 12.3. The van der Waals surface area contributed by atoms with E-state index in [4.69, 9.17) is 19.5 Å². The number of amides is 1. The molecule has 1 N–H and O–H groups in total. The van der Waals surface area contributed by atoms with Crippen LogP contribution < -0.4 is 19.5 Å². The van der Waals surface area contributed by atoms with Crippen LogP contribution >= 0.6 is 15.9 Å². The average molecular weight is 445 g/mol. The lowest BCUT2D eigenvalue weighted by molar-refractivity contribution is -0.122. The van der Waals surface area contributed by atoms with E-state index in [0.717, 1.165) is 22.2 Å². The van der Waals surface area contributed by atoms with E-state index in [1.54, 1.807) is 18.2 Å². The molecular formula is C21H21BrN2O4. The first-order valence-corrected chi connectivity index (χ1v) is 9.82. The SMILES string of the molecule is COc1cc(C#N)ccc1OCCCC(=O)NC1CCOc2ccc(Br)cc21. The van der Waals surface area contributed by atoms with Crippen molar-refractivity contribution >= 4 is 21.8 Å². The zero-order valence-corrected chi connectivity index (χ0v) is 17.1. The molecule has 0 fully saturated rings. The minimum atomic E-state index is -0.0479. The van der Waals surface area contributed by atoms with Gasteiger partial charge < -0.3 is 19.5 Å². The molecular weight excluding hydrogens is 424 g/mol. The topological polar surface area (TPSA) is 80.6 Å². The number of ether oxygens (including phenoxy) is 3. The predicted octanol–water partition coefficient (Wildman–Crippen LogP) is 4.13. The van der Waals surface area contributed by atoms with Gasteiger partial charge in [0, 0.05) is 28.9 Å². The Morgan fingerprint density at radius 1 is 1.32 bits per heavy atom. The minimum Gasteiger partial charge on any atom is -0.493 e. The van der Waals surface area contributed by atoms with Crippen molar-refractivity contribution < 1.29 is 19.0 Å². The van der Waals surface area contributed by atoms with Crippen LogP contribution in [0.15, 0.2) is 40.9 Å². The van der Waals surface area contributed by atoms with Gasteiger partial charge in [-0.3, -0.25) is 4.79 Å². The molecule has 0 radical (unpaired) electrons. The lowest BCUT2D eigenvalue weighted by Gasteiger charge is -2.27. The van der Waals surface area contributed by atoms with E-state index in [1.807, 2.05) is 18.2 Å². The Balaban J connectivity index is 1.49. The van der Waals surface area contributed by atoms with E-state index in [1.165, 1.54) is 7.11 Å². The second-order valence-electron chi connectivity index (χ2n) is 6.37. The maximum absolute atomic E-state index is 12.3. The van der Waals surface area contributed by atoms with E-state index in [0.29, 0.717) is 43.1 Å². The summed E-state index contributed by atoms with van der Waals surface area (Å²) in [6.07, 6.45) is 1.68. The van der Waals surface area contributed by atoms with Gasteiger partial charge in [0.25, 0.3) is 0 Å². The molecule has 1 heterocycles. The molecule has 0 aliphatic carbocycles. The fourth-order valence-corrected chi connectivity index (χ4v) is 3.43. The number of carbonyl (C=O) groups excluding carboxylic acids is 1. The number of carbonyl (C=O) groups is 1. The number of fused-ring (bicyclic) bond motifs is 1. The summed E-state index contributed by atoms with van der Waals surface area (Å²) in [6.45, 7) is 0.965. The molecule has 1 unspecified atom stereocenters. The van der Waals surface area contributed by atoms with Crippen molar-refractivity contribution in [1.82, 2.24) is 5.32 Å². The van der Waals surface area contributed by atoms with Gasteiger partial charge in [0.1, 0.15) is 5.75 Å². The number of rotatable bonds is 7. The van der Waals surface area contributed by atoms with Crippen LogP contribution in [0.4, 0.5) is 0 Å². The quantitative estimate of drug-likeness (QED) is 0.649. The molecule has 146 valence electrons. The Hall–Kier alpha value is -2.72. The number of hydrogen-bond acceptors (Lipinski definition) is 5. The third kappa shape index (κ3) is 4.96. The number of hydrogen-bond donors (Lipinski definition) is 1. The minimum absolute atomic E-state index is 0.0202. The van der Waals surface area contributed by atoms with Crippen LogP contribution in [-0.4, -0.2) is 26.2 Å². The van der Waals surface area contributed by atoms with Crippen LogP contribution in [0.1, 0.15) is 36.4 Å². The number of methoxy groups -OCH3 is 1. The predicted molar refractivity (Wildman–Crippen MR) is 108 cm³/mol. The number of benzene rings is 2. The van der Waals surface area contributed by atoms with Gasteiger partial charge in [0.2, 0.25) is 5.91 Å². The highest BCUT2D eigenvalue weighted by Crippen LogP contribution is 2.34. The van der Waals surface area contributed by atoms with Crippen molar-refractivity contribution in [1.29, 1.82) is 5.26 Å². The third-order valence-electron chi connectivity index (χ3n) is 4.45. The Labute approximate surface area is 172 Å². The van der Waals surface area contributed by atoms with Crippen molar-refractivity contribution in [2.75, 3.05) is 20.3 Å². The standard InChI is InChI=1S/C21H21BrN2O4/c1-26-20-11-14(13-23)4-6-19(20)27-9-2-3-21(25)24-17-8-10-28-18-7-5-15(22)12-16(17)18/h4-7,11-12,17H,2-3,8-10H2,1H3,(H,24,25). The lowest BCUT2D eigenvalue weighted by Crippen LogP contribution is -2.32. The zero-order chi connectivity index (χ0) is 19.9. The smallest absolute Gasteiger partial charge is 0.220 e. The molecule has 2 aromatic carbocycles. The lowest BCUT2D eigenvalue weighted by atomic mass is 10.0. The van der Waals surface area contributed by atoms with Gasteiger partial charge in [0.05, 0.1) is 38.0 Å². The molecule has 28 heavy (non-hydrogen) atoms. The van der Waals surface area contributed by atoms with Crippen LogP contribution in [0.25, 0.3) is 0 Å². The summed E-state index contributed by atoms with van der Waals surface area (Å²) < 4.78 is 17.5. The van der Waals surface area contributed by atoms with Gasteiger partial charge in [-0.15, -0.1) is 0 Å². The summed E-state index contributed by atoms with van der Waals surface area (Å²) in [5.74, 6) is 1.86. The van der Waals surface area contributed by atoms with E-state index in [-0.39, 0.29) is 11.9 Å². The second kappa shape index (κ2) is 9.47. The summed E-state index contributed by atoms with van der Waals surface area (Å²) in [7, 11) is 1.53. The first-order valence-electron chi connectivity index (χ1n) is 9.03. The maximum atomic E-state index is 12.3. The van der Waals surface area contributed by atoms with E-state index >= 15 is 0 Å². The second-order valence-corrected chi connectivity index (χ2v) is 7.28. The summed E-state index contributed by atoms with van der Waals surface area (Å²) >= 11 is 3.47. The number of nitrogens with zero attached hydrogens (tertiary/aromatic N) is 1. The molecule has 0 spiro atoms. The van der Waals surface area contributed by atoms with Crippen molar-refractivity contribution in [3.8, 4) is 23.3 Å². The Kier molecular flexibility index (Phi) is 6.77. The van der Waals surface area contributed by atoms with Gasteiger partial charge in [-0.25, -0.2) is 0 Å². The molecule has 2 aromatic rings. The molecule has 1 aliphatic rings. The highest BCUT2D eigenvalue weighted by Gasteiger charge is 2.23. The highest BCUT2D eigenvalue weighted by atomic mass is 79.9. The normalized spacial score (nSPS) is 15.0. The maximum Gasteiger partial charge on any atom is 0.220 e. The van der Waals surface area contributed by atoms with Gasteiger partial charge >= 0.3 is 0 Å². The first kappa shape index (κ1) is 20.0. The highest BCUT2D eigenvalue weighted by molar-refractivity contribution is 9.10. The van der Waals surface area contributed by atoms with Gasteiger partial charge in [-0.2, -0.15) is 5.26 Å². The molecule has 7 heteroatoms. The van der Waals surface area contributed by atoms with Crippen molar-refractivity contribution in [3.63, 3.8) is 0 Å². The van der Waals surface area contributed by atoms with E-state index in [9.17, 15) is 4.79 Å². The number of nitriles is 1. The fraction of sp³-hybridized carbons (Fsp3) is 0.333. The summed E-state index contributed by atoms with van der Waals surface area (Å²) in [6, 6.07) is 12.8. The van der Waals surface area contributed by atoms with Crippen molar-refractivity contribution in [3.05, 3.63) is 52.0 Å². The molecule has 1 amide bonds. The fourth-order valence-electron chi connectivity index (χ4n) is 3.05. The molecule has 0 bridgehead atoms. The number of halogens is 1. The molecule has 0 saturated heterocycles.